The van der Waals surface area contributed by atoms with E-state index in [-0.39, 0.29) is 5.91 Å². The molecule has 0 aromatic rings. The molecule has 0 saturated heterocycles. The number of carbonyl (C=O) groups is 1. The van der Waals surface area contributed by atoms with E-state index in [4.69, 9.17) is 0 Å². The second-order valence-corrected chi connectivity index (χ2v) is 9.37. The van der Waals surface area contributed by atoms with Gasteiger partial charge in [-0.25, -0.2) is 0 Å². The maximum atomic E-state index is 11.2. The third-order valence-electron chi connectivity index (χ3n) is 6.73. The number of likely N-dealkylation sites (N-methyl/N-ethyl adjacent to an activating group) is 1. The van der Waals surface area contributed by atoms with Crippen molar-refractivity contribution in [3.05, 3.63) is 24.6 Å². The van der Waals surface area contributed by atoms with Crippen molar-refractivity contribution in [3.63, 3.8) is 0 Å². The summed E-state index contributed by atoms with van der Waals surface area (Å²) in [7, 11) is 0. The molecule has 0 saturated carbocycles. The second kappa shape index (κ2) is 18.3. The predicted molar refractivity (Wildman–Crippen MR) is 134 cm³/mol. The summed E-state index contributed by atoms with van der Waals surface area (Å²) in [6.07, 6.45) is 30.2. The van der Waals surface area contributed by atoms with Crippen molar-refractivity contribution in [2.45, 2.75) is 123 Å². The summed E-state index contributed by atoms with van der Waals surface area (Å²) in [4.78, 5) is 11.2. The van der Waals surface area contributed by atoms with Crippen molar-refractivity contribution in [1.82, 2.24) is 10.6 Å². The number of amides is 1. The van der Waals surface area contributed by atoms with Gasteiger partial charge in [0.1, 0.15) is 12.7 Å². The zero-order chi connectivity index (χ0) is 22.6. The van der Waals surface area contributed by atoms with Crippen LogP contribution in [0.2, 0.25) is 0 Å². The molecular weight excluding hydrogens is 382 g/mol. The molecule has 0 aromatic carbocycles. The van der Waals surface area contributed by atoms with E-state index in [0.717, 1.165) is 24.1 Å². The van der Waals surface area contributed by atoms with Crippen LogP contribution in [0, 0.1) is 0 Å². The Labute approximate surface area is 193 Å². The molecule has 0 spiro atoms. The minimum atomic E-state index is 0.0512. The minimum absolute atomic E-state index is 0.0512. The van der Waals surface area contributed by atoms with E-state index in [0.29, 0.717) is 6.17 Å². The lowest BCUT2D eigenvalue weighted by Gasteiger charge is -2.35. The lowest BCUT2D eigenvalue weighted by Crippen LogP contribution is -2.54. The minimum Gasteiger partial charge on any atom is -0.351 e. The van der Waals surface area contributed by atoms with Crippen molar-refractivity contribution in [2.75, 3.05) is 19.6 Å². The van der Waals surface area contributed by atoms with Gasteiger partial charge in [-0.15, -0.1) is 0 Å². The van der Waals surface area contributed by atoms with Gasteiger partial charge in [0.05, 0.1) is 19.3 Å². The Morgan fingerprint density at radius 3 is 1.97 bits per heavy atom. The van der Waals surface area contributed by atoms with Crippen LogP contribution in [0.4, 0.5) is 0 Å². The van der Waals surface area contributed by atoms with Gasteiger partial charge in [0, 0.05) is 6.92 Å². The zero-order valence-corrected chi connectivity index (χ0v) is 21.0. The maximum Gasteiger partial charge on any atom is 0.217 e. The molecular formula is C27H52N3O+. The van der Waals surface area contributed by atoms with E-state index >= 15 is 0 Å². The molecule has 0 fully saturated rings. The number of nitrogens with one attached hydrogen (secondary N) is 2. The van der Waals surface area contributed by atoms with Gasteiger partial charge < -0.3 is 10.6 Å². The Hall–Kier alpha value is -1.29. The molecule has 2 atom stereocenters. The average Bonchev–Trinajstić information content (AvgIpc) is 3.16. The number of hydrogen-bond donors (Lipinski definition) is 2. The molecule has 2 N–H and O–H groups in total. The summed E-state index contributed by atoms with van der Waals surface area (Å²) >= 11 is 0. The smallest absolute Gasteiger partial charge is 0.217 e. The highest BCUT2D eigenvalue weighted by molar-refractivity contribution is 5.72. The van der Waals surface area contributed by atoms with Gasteiger partial charge in [-0.2, -0.15) is 0 Å². The van der Waals surface area contributed by atoms with E-state index in [9.17, 15) is 4.79 Å². The quantitative estimate of drug-likeness (QED) is 0.126. The fourth-order valence-electron chi connectivity index (χ4n) is 4.55. The van der Waals surface area contributed by atoms with Crippen LogP contribution in [0.15, 0.2) is 24.6 Å². The summed E-state index contributed by atoms with van der Waals surface area (Å²) in [5, 5.41) is 6.42. The number of allylic oxidation sites excluding steroid dienone is 1. The Morgan fingerprint density at radius 1 is 0.903 bits per heavy atom. The highest BCUT2D eigenvalue weighted by Gasteiger charge is 2.34. The molecule has 4 heteroatoms. The van der Waals surface area contributed by atoms with Gasteiger partial charge in [0.25, 0.3) is 0 Å². The number of hydrogen-bond acceptors (Lipinski definition) is 2. The van der Waals surface area contributed by atoms with Crippen LogP contribution < -0.4 is 10.6 Å². The standard InChI is InChI=1S/C27H51N3O/c1-4-6-7-8-9-10-11-12-13-14-15-16-17-18-19-20-21-27-29-23-25-30(27,5-2)24-22-28-26(3)31/h20-21,23,25,27,29H,4-19,22,24H2,1-3H3/p+1/b21-20+. The summed E-state index contributed by atoms with van der Waals surface area (Å²) in [5.74, 6) is 0.0512. The largest absolute Gasteiger partial charge is 0.351 e. The van der Waals surface area contributed by atoms with E-state index in [2.05, 4.69) is 49.0 Å². The molecule has 180 valence electrons. The molecule has 0 radical (unpaired) electrons. The molecule has 0 aliphatic carbocycles. The van der Waals surface area contributed by atoms with E-state index in [1.165, 1.54) is 96.3 Å². The van der Waals surface area contributed by atoms with Gasteiger partial charge in [-0.05, 0) is 25.8 Å². The molecule has 1 aliphatic heterocycles. The average molecular weight is 435 g/mol. The molecule has 1 aliphatic rings. The third-order valence-corrected chi connectivity index (χ3v) is 6.73. The van der Waals surface area contributed by atoms with Crippen molar-refractivity contribution in [1.29, 1.82) is 0 Å². The van der Waals surface area contributed by atoms with Crippen LogP contribution in [0.25, 0.3) is 0 Å². The second-order valence-electron chi connectivity index (χ2n) is 9.37. The topological polar surface area (TPSA) is 41.1 Å². The first-order valence-corrected chi connectivity index (χ1v) is 13.4. The highest BCUT2D eigenvalue weighted by Crippen LogP contribution is 2.19. The SMILES string of the molecule is CCCCCCCCCCCCCCCC/C=C/C1NC=C[N+]1(CC)CCNC(C)=O. The monoisotopic (exact) mass is 434 g/mol. The van der Waals surface area contributed by atoms with Crippen LogP contribution in [0.5, 0.6) is 0 Å². The fraction of sp³-hybridized carbons (Fsp3) is 0.815. The maximum absolute atomic E-state index is 11.2. The van der Waals surface area contributed by atoms with Gasteiger partial charge in [0.15, 0.2) is 6.17 Å². The van der Waals surface area contributed by atoms with Crippen LogP contribution in [-0.4, -0.2) is 36.2 Å². The number of quaternary nitrogens is 1. The first-order chi connectivity index (χ1) is 15.1. The van der Waals surface area contributed by atoms with Crippen molar-refractivity contribution >= 4 is 5.91 Å². The molecule has 1 rings (SSSR count). The Bertz CT molecular complexity index is 503. The number of carbonyl (C=O) groups excluding carboxylic acids is 1. The lowest BCUT2D eigenvalue weighted by atomic mass is 10.0. The lowest BCUT2D eigenvalue weighted by molar-refractivity contribution is -0.891. The third kappa shape index (κ3) is 13.0. The van der Waals surface area contributed by atoms with E-state index < -0.39 is 0 Å². The van der Waals surface area contributed by atoms with Crippen LogP contribution in [0.1, 0.15) is 117 Å². The van der Waals surface area contributed by atoms with Crippen molar-refractivity contribution in [3.8, 4) is 0 Å². The van der Waals surface area contributed by atoms with Gasteiger partial charge >= 0.3 is 0 Å². The van der Waals surface area contributed by atoms with Gasteiger partial charge in [0.2, 0.25) is 5.91 Å². The predicted octanol–water partition coefficient (Wildman–Crippen LogP) is 6.79. The summed E-state index contributed by atoms with van der Waals surface area (Å²) in [5.41, 5.74) is 0. The molecule has 0 aromatic heterocycles. The Balaban J connectivity index is 2.00. The number of nitrogens with zero attached hydrogens (tertiary/aromatic N) is 1. The highest BCUT2D eigenvalue weighted by atomic mass is 16.1. The fourth-order valence-corrected chi connectivity index (χ4v) is 4.55. The normalized spacial score (nSPS) is 20.4. The molecule has 31 heavy (non-hydrogen) atoms. The zero-order valence-electron chi connectivity index (χ0n) is 21.0. The van der Waals surface area contributed by atoms with E-state index in [1.54, 1.807) is 6.92 Å². The first kappa shape index (κ1) is 27.7. The van der Waals surface area contributed by atoms with Crippen molar-refractivity contribution in [2.24, 2.45) is 0 Å². The first-order valence-electron chi connectivity index (χ1n) is 13.4. The Kier molecular flexibility index (Phi) is 16.4. The van der Waals surface area contributed by atoms with Gasteiger partial charge in [-0.3, -0.25) is 9.28 Å². The summed E-state index contributed by atoms with van der Waals surface area (Å²) < 4.78 is 0.871. The molecule has 0 bridgehead atoms. The molecule has 4 nitrogen and oxygen atoms in total. The number of rotatable bonds is 20. The van der Waals surface area contributed by atoms with E-state index in [1.807, 2.05) is 0 Å². The summed E-state index contributed by atoms with van der Waals surface area (Å²) in [6.45, 7) is 8.77. The van der Waals surface area contributed by atoms with Crippen LogP contribution in [-0.2, 0) is 4.79 Å². The van der Waals surface area contributed by atoms with Crippen LogP contribution >= 0.6 is 0 Å². The number of unbranched alkanes of at least 4 members (excludes halogenated alkanes) is 14. The van der Waals surface area contributed by atoms with Gasteiger partial charge in [-0.1, -0.05) is 96.5 Å². The van der Waals surface area contributed by atoms with Crippen molar-refractivity contribution < 1.29 is 9.28 Å². The van der Waals surface area contributed by atoms with Crippen LogP contribution in [0.3, 0.4) is 0 Å². The molecule has 1 amide bonds. The molecule has 2 unspecified atom stereocenters. The Morgan fingerprint density at radius 2 is 1.45 bits per heavy atom. The summed E-state index contributed by atoms with van der Waals surface area (Å²) in [6, 6.07) is 0. The molecule has 1 heterocycles.